The molecule has 2 aromatic carbocycles. The summed E-state index contributed by atoms with van der Waals surface area (Å²) in [6.07, 6.45) is 0. The molecule has 0 aliphatic rings. The molecular weight excluding hydrogens is 304 g/mol. The molecule has 0 unspecified atom stereocenters. The molecule has 0 saturated heterocycles. The van der Waals surface area contributed by atoms with Gasteiger partial charge in [0.05, 0.1) is 5.69 Å². The average molecular weight is 322 g/mol. The molecule has 3 aromatic rings. The van der Waals surface area contributed by atoms with Crippen molar-refractivity contribution in [3.8, 4) is 17.0 Å². The number of carbonyl (C=O) groups excluding carboxylic acids is 1. The van der Waals surface area contributed by atoms with Crippen molar-refractivity contribution in [2.75, 3.05) is 10.6 Å². The standard InChI is InChI=1S/C18H18N4O2/c1-11-8-15(24)6-7-16(11)20-18-10-17(21-22-18)13-4-3-5-14(9-13)19-12(2)23/h3-10,24H,1-2H3,(H,19,23)(H2,20,21,22). The average Bonchev–Trinajstić information content (AvgIpc) is 2.98. The zero-order valence-electron chi connectivity index (χ0n) is 13.4. The molecule has 122 valence electrons. The van der Waals surface area contributed by atoms with E-state index in [4.69, 9.17) is 0 Å². The van der Waals surface area contributed by atoms with E-state index in [0.717, 1.165) is 28.2 Å². The van der Waals surface area contributed by atoms with Crippen molar-refractivity contribution < 1.29 is 9.90 Å². The third kappa shape index (κ3) is 3.55. The third-order valence-corrected chi connectivity index (χ3v) is 3.54. The van der Waals surface area contributed by atoms with E-state index in [1.807, 2.05) is 37.3 Å². The first-order chi connectivity index (χ1) is 11.5. The Hall–Kier alpha value is -3.28. The number of carbonyl (C=O) groups is 1. The lowest BCUT2D eigenvalue weighted by Gasteiger charge is -2.06. The topological polar surface area (TPSA) is 90.0 Å². The number of amides is 1. The maximum atomic E-state index is 11.2. The van der Waals surface area contributed by atoms with Crippen molar-refractivity contribution in [1.29, 1.82) is 0 Å². The predicted molar refractivity (Wildman–Crippen MR) is 94.5 cm³/mol. The smallest absolute Gasteiger partial charge is 0.221 e. The lowest BCUT2D eigenvalue weighted by atomic mass is 10.1. The summed E-state index contributed by atoms with van der Waals surface area (Å²) in [6.45, 7) is 3.39. The van der Waals surface area contributed by atoms with Crippen molar-refractivity contribution in [3.05, 3.63) is 54.1 Å². The van der Waals surface area contributed by atoms with Crippen molar-refractivity contribution in [2.45, 2.75) is 13.8 Å². The van der Waals surface area contributed by atoms with Crippen molar-refractivity contribution in [3.63, 3.8) is 0 Å². The lowest BCUT2D eigenvalue weighted by Crippen LogP contribution is -2.05. The van der Waals surface area contributed by atoms with E-state index in [1.165, 1.54) is 6.92 Å². The van der Waals surface area contributed by atoms with Crippen LogP contribution in [-0.2, 0) is 4.79 Å². The molecule has 4 N–H and O–H groups in total. The number of anilines is 3. The van der Waals surface area contributed by atoms with Crippen LogP contribution in [0.2, 0.25) is 0 Å². The number of hydrogen-bond acceptors (Lipinski definition) is 4. The summed E-state index contributed by atoms with van der Waals surface area (Å²) in [5.74, 6) is 0.793. The first-order valence-electron chi connectivity index (χ1n) is 7.51. The minimum atomic E-state index is -0.109. The number of aromatic nitrogens is 2. The molecule has 0 fully saturated rings. The first-order valence-corrected chi connectivity index (χ1v) is 7.51. The number of rotatable bonds is 4. The van der Waals surface area contributed by atoms with Crippen molar-refractivity contribution >= 4 is 23.1 Å². The molecule has 1 heterocycles. The van der Waals surface area contributed by atoms with Crippen LogP contribution >= 0.6 is 0 Å². The first kappa shape index (κ1) is 15.6. The Morgan fingerprint density at radius 3 is 2.75 bits per heavy atom. The second-order valence-corrected chi connectivity index (χ2v) is 5.55. The maximum absolute atomic E-state index is 11.2. The Balaban J connectivity index is 1.81. The van der Waals surface area contributed by atoms with Gasteiger partial charge in [0.1, 0.15) is 5.75 Å². The highest BCUT2D eigenvalue weighted by Crippen LogP contribution is 2.26. The number of hydrogen-bond donors (Lipinski definition) is 4. The molecule has 24 heavy (non-hydrogen) atoms. The number of aryl methyl sites for hydroxylation is 1. The summed E-state index contributed by atoms with van der Waals surface area (Å²) in [6, 6.07) is 14.5. The maximum Gasteiger partial charge on any atom is 0.221 e. The molecule has 1 amide bonds. The number of phenols is 1. The number of benzene rings is 2. The molecule has 6 heteroatoms. The van der Waals surface area contributed by atoms with Crippen molar-refractivity contribution in [2.24, 2.45) is 0 Å². The number of H-pyrrole nitrogens is 1. The van der Waals surface area contributed by atoms with Gasteiger partial charge in [-0.15, -0.1) is 0 Å². The Labute approximate surface area is 139 Å². The summed E-state index contributed by atoms with van der Waals surface area (Å²) in [4.78, 5) is 11.2. The highest BCUT2D eigenvalue weighted by molar-refractivity contribution is 5.89. The van der Waals surface area contributed by atoms with Gasteiger partial charge in [0.15, 0.2) is 5.82 Å². The molecule has 6 nitrogen and oxygen atoms in total. The van der Waals surface area contributed by atoms with E-state index >= 15 is 0 Å². The van der Waals surface area contributed by atoms with Gasteiger partial charge < -0.3 is 15.7 Å². The van der Waals surface area contributed by atoms with Crippen LogP contribution in [0.4, 0.5) is 17.2 Å². The van der Waals surface area contributed by atoms with E-state index in [9.17, 15) is 9.90 Å². The summed E-state index contributed by atoms with van der Waals surface area (Å²) in [5, 5.41) is 22.7. The summed E-state index contributed by atoms with van der Waals surface area (Å²) >= 11 is 0. The van der Waals surface area contributed by atoms with Gasteiger partial charge in [0, 0.05) is 29.9 Å². The zero-order valence-corrected chi connectivity index (χ0v) is 13.4. The van der Waals surface area contributed by atoms with Gasteiger partial charge in [-0.1, -0.05) is 12.1 Å². The van der Waals surface area contributed by atoms with Crippen LogP contribution in [0.1, 0.15) is 12.5 Å². The predicted octanol–water partition coefficient (Wildman–Crippen LogP) is 3.79. The van der Waals surface area contributed by atoms with E-state index in [-0.39, 0.29) is 11.7 Å². The van der Waals surface area contributed by atoms with Crippen LogP contribution in [0.25, 0.3) is 11.3 Å². The van der Waals surface area contributed by atoms with Gasteiger partial charge in [-0.05, 0) is 42.8 Å². The Morgan fingerprint density at radius 2 is 2.00 bits per heavy atom. The fourth-order valence-corrected chi connectivity index (χ4v) is 2.43. The fourth-order valence-electron chi connectivity index (χ4n) is 2.43. The van der Waals surface area contributed by atoms with Crippen LogP contribution in [-0.4, -0.2) is 21.2 Å². The highest BCUT2D eigenvalue weighted by atomic mass is 16.3. The summed E-state index contributed by atoms with van der Waals surface area (Å²) in [5.41, 5.74) is 4.29. The van der Waals surface area contributed by atoms with Crippen LogP contribution in [0.5, 0.6) is 5.75 Å². The van der Waals surface area contributed by atoms with E-state index in [0.29, 0.717) is 5.82 Å². The molecule has 0 radical (unpaired) electrons. The number of aromatic amines is 1. The van der Waals surface area contributed by atoms with Crippen molar-refractivity contribution in [1.82, 2.24) is 10.2 Å². The second-order valence-electron chi connectivity index (χ2n) is 5.55. The van der Waals surface area contributed by atoms with E-state index in [1.54, 1.807) is 18.2 Å². The molecule has 1 aromatic heterocycles. The zero-order chi connectivity index (χ0) is 17.1. The van der Waals surface area contributed by atoms with Gasteiger partial charge in [0.25, 0.3) is 0 Å². The number of aromatic hydroxyl groups is 1. The third-order valence-electron chi connectivity index (χ3n) is 3.54. The minimum absolute atomic E-state index is 0.109. The van der Waals surface area contributed by atoms with Crippen LogP contribution in [0.3, 0.4) is 0 Å². The van der Waals surface area contributed by atoms with Gasteiger partial charge in [-0.25, -0.2) is 0 Å². The quantitative estimate of drug-likeness (QED) is 0.550. The molecule has 0 spiro atoms. The Kier molecular flexibility index (Phi) is 4.20. The largest absolute Gasteiger partial charge is 0.508 e. The van der Waals surface area contributed by atoms with Crippen LogP contribution in [0, 0.1) is 6.92 Å². The van der Waals surface area contributed by atoms with Gasteiger partial charge in [-0.3, -0.25) is 9.89 Å². The van der Waals surface area contributed by atoms with Gasteiger partial charge >= 0.3 is 0 Å². The summed E-state index contributed by atoms with van der Waals surface area (Å²) < 4.78 is 0. The molecule has 3 rings (SSSR count). The Morgan fingerprint density at radius 1 is 1.17 bits per heavy atom. The number of nitrogens with one attached hydrogen (secondary N) is 3. The molecule has 0 bridgehead atoms. The van der Waals surface area contributed by atoms with E-state index < -0.39 is 0 Å². The lowest BCUT2D eigenvalue weighted by molar-refractivity contribution is -0.114. The molecule has 0 saturated carbocycles. The highest BCUT2D eigenvalue weighted by Gasteiger charge is 2.07. The molecule has 0 aliphatic heterocycles. The molecule has 0 atom stereocenters. The SMILES string of the molecule is CC(=O)Nc1cccc(-c2cc(Nc3ccc(O)cc3C)n[nH]2)c1. The minimum Gasteiger partial charge on any atom is -0.508 e. The summed E-state index contributed by atoms with van der Waals surface area (Å²) in [7, 11) is 0. The van der Waals surface area contributed by atoms with Crippen LogP contribution in [0.15, 0.2) is 48.5 Å². The fraction of sp³-hybridized carbons (Fsp3) is 0.111. The number of phenolic OH excluding ortho intramolecular Hbond substituents is 1. The second kappa shape index (κ2) is 6.45. The van der Waals surface area contributed by atoms with E-state index in [2.05, 4.69) is 20.8 Å². The normalized spacial score (nSPS) is 10.4. The number of nitrogens with zero attached hydrogens (tertiary/aromatic N) is 1. The molecular formula is C18H18N4O2. The van der Waals surface area contributed by atoms with Crippen LogP contribution < -0.4 is 10.6 Å². The van der Waals surface area contributed by atoms with Gasteiger partial charge in [0.2, 0.25) is 5.91 Å². The monoisotopic (exact) mass is 322 g/mol. The Bertz CT molecular complexity index is 886. The molecule has 0 aliphatic carbocycles. The van der Waals surface area contributed by atoms with Gasteiger partial charge in [-0.2, -0.15) is 5.10 Å².